The minimum absolute atomic E-state index is 0.0880. The van der Waals surface area contributed by atoms with E-state index in [1.165, 1.54) is 0 Å². The van der Waals surface area contributed by atoms with Crippen molar-refractivity contribution in [1.29, 1.82) is 0 Å². The van der Waals surface area contributed by atoms with Gasteiger partial charge in [-0.3, -0.25) is 4.79 Å². The Hall–Kier alpha value is -1.57. The summed E-state index contributed by atoms with van der Waals surface area (Å²) >= 11 is 0. The van der Waals surface area contributed by atoms with E-state index in [1.807, 2.05) is 13.0 Å². The number of esters is 1. The molecule has 1 aromatic carbocycles. The van der Waals surface area contributed by atoms with Gasteiger partial charge in [-0.1, -0.05) is 0 Å². The van der Waals surface area contributed by atoms with Crippen LogP contribution in [0.1, 0.15) is 49.8 Å². The number of carbonyl (C=O) groups excluding carboxylic acids is 1. The number of aryl methyl sites for hydroxylation is 1. The molecule has 130 valence electrons. The summed E-state index contributed by atoms with van der Waals surface area (Å²) in [4.78, 5) is 11.7. The molecule has 0 amide bonds. The maximum absolute atomic E-state index is 11.7. The first-order chi connectivity index (χ1) is 11.6. The highest BCUT2D eigenvalue weighted by molar-refractivity contribution is 6.62. The molecule has 0 saturated carbocycles. The predicted molar refractivity (Wildman–Crippen MR) is 88.1 cm³/mol. The summed E-state index contributed by atoms with van der Waals surface area (Å²) in [6.45, 7) is 4.72. The largest absolute Gasteiger partial charge is 0.492 e. The average molecular weight is 334 g/mol. The maximum Gasteiger partial charge on any atom is 0.492 e. The van der Waals surface area contributed by atoms with Gasteiger partial charge in [-0.25, -0.2) is 0 Å². The zero-order chi connectivity index (χ0) is 17.1. The van der Waals surface area contributed by atoms with Gasteiger partial charge >= 0.3 is 13.1 Å². The van der Waals surface area contributed by atoms with Crippen LogP contribution in [-0.4, -0.2) is 37.6 Å². The fourth-order valence-electron chi connectivity index (χ4n) is 3.28. The normalized spacial score (nSPS) is 23.0. The molecule has 1 saturated heterocycles. The molecule has 1 N–H and O–H groups in total. The van der Waals surface area contributed by atoms with Gasteiger partial charge in [0.1, 0.15) is 5.75 Å². The molecule has 2 unspecified atom stereocenters. The lowest BCUT2D eigenvalue weighted by molar-refractivity contribution is -0.145. The van der Waals surface area contributed by atoms with Crippen LogP contribution < -0.4 is 10.2 Å². The van der Waals surface area contributed by atoms with Crippen molar-refractivity contribution in [3.8, 4) is 5.75 Å². The highest BCUT2D eigenvalue weighted by Gasteiger charge is 2.38. The van der Waals surface area contributed by atoms with E-state index in [0.717, 1.165) is 30.4 Å². The molecular weight excluding hydrogens is 311 g/mol. The van der Waals surface area contributed by atoms with Crippen molar-refractivity contribution in [3.63, 3.8) is 0 Å². The van der Waals surface area contributed by atoms with Crippen LogP contribution in [0.15, 0.2) is 12.1 Å². The van der Waals surface area contributed by atoms with Gasteiger partial charge in [-0.15, -0.1) is 0 Å². The van der Waals surface area contributed by atoms with Crippen molar-refractivity contribution < 1.29 is 28.7 Å². The number of rotatable bonds is 5. The molecule has 2 heterocycles. The SMILES string of the molecule is CCOC(=O)CC1OB(O)c2cc(OC3CCCCO3)cc(C)c21. The van der Waals surface area contributed by atoms with Crippen LogP contribution in [0.3, 0.4) is 0 Å². The summed E-state index contributed by atoms with van der Waals surface area (Å²) in [5.74, 6) is 0.315. The van der Waals surface area contributed by atoms with Crippen LogP contribution in [0.4, 0.5) is 0 Å². The number of benzene rings is 1. The minimum atomic E-state index is -1.06. The lowest BCUT2D eigenvalue weighted by Crippen LogP contribution is -2.30. The number of fused-ring (bicyclic) bond motifs is 1. The topological polar surface area (TPSA) is 74.2 Å². The molecule has 24 heavy (non-hydrogen) atoms. The standard InChI is InChI=1S/C17H23BO6/c1-3-21-15(19)10-14-17-11(2)8-12(9-13(17)18(20)24-14)23-16-6-4-5-7-22-16/h8-9,14,16,20H,3-7,10H2,1-2H3. The molecule has 7 heteroatoms. The maximum atomic E-state index is 11.7. The fourth-order valence-corrected chi connectivity index (χ4v) is 3.28. The molecule has 1 fully saturated rings. The average Bonchev–Trinajstić information content (AvgIpc) is 2.85. The van der Waals surface area contributed by atoms with E-state index < -0.39 is 13.2 Å². The second-order valence-electron chi connectivity index (χ2n) is 6.14. The highest BCUT2D eigenvalue weighted by Crippen LogP contribution is 2.32. The number of carbonyl (C=O) groups is 1. The highest BCUT2D eigenvalue weighted by atomic mass is 16.7. The van der Waals surface area contributed by atoms with Gasteiger partial charge in [0.15, 0.2) is 6.29 Å². The molecular formula is C17H23BO6. The van der Waals surface area contributed by atoms with Crippen LogP contribution in [0.25, 0.3) is 0 Å². The predicted octanol–water partition coefficient (Wildman–Crippen LogP) is 1.61. The van der Waals surface area contributed by atoms with Crippen molar-refractivity contribution in [2.24, 2.45) is 0 Å². The number of hydrogen-bond donors (Lipinski definition) is 1. The fraction of sp³-hybridized carbons (Fsp3) is 0.588. The van der Waals surface area contributed by atoms with Crippen molar-refractivity contribution >= 4 is 18.6 Å². The summed E-state index contributed by atoms with van der Waals surface area (Å²) < 4.78 is 22.0. The zero-order valence-electron chi connectivity index (χ0n) is 14.1. The quantitative estimate of drug-likeness (QED) is 0.651. The smallest absolute Gasteiger partial charge is 0.466 e. The Morgan fingerprint density at radius 3 is 2.96 bits per heavy atom. The molecule has 2 atom stereocenters. The Bertz CT molecular complexity index is 599. The first-order valence-corrected chi connectivity index (χ1v) is 8.50. The molecule has 1 aromatic rings. The van der Waals surface area contributed by atoms with Crippen LogP contribution >= 0.6 is 0 Å². The van der Waals surface area contributed by atoms with Crippen molar-refractivity contribution in [2.75, 3.05) is 13.2 Å². The monoisotopic (exact) mass is 334 g/mol. The minimum Gasteiger partial charge on any atom is -0.466 e. The molecule has 6 nitrogen and oxygen atoms in total. The molecule has 2 aliphatic rings. The number of hydrogen-bond acceptors (Lipinski definition) is 6. The molecule has 0 aromatic heterocycles. The first kappa shape index (κ1) is 17.3. The van der Waals surface area contributed by atoms with E-state index in [2.05, 4.69) is 0 Å². The Labute approximate surface area is 142 Å². The van der Waals surface area contributed by atoms with E-state index in [1.54, 1.807) is 13.0 Å². The molecule has 0 spiro atoms. The van der Waals surface area contributed by atoms with Crippen LogP contribution in [0.5, 0.6) is 5.75 Å². The third-order valence-corrected chi connectivity index (χ3v) is 4.34. The van der Waals surface area contributed by atoms with Crippen LogP contribution in [0, 0.1) is 6.92 Å². The van der Waals surface area contributed by atoms with Gasteiger partial charge in [0.2, 0.25) is 0 Å². The van der Waals surface area contributed by atoms with E-state index >= 15 is 0 Å². The lowest BCUT2D eigenvalue weighted by Gasteiger charge is -2.24. The van der Waals surface area contributed by atoms with E-state index in [-0.39, 0.29) is 18.7 Å². The zero-order valence-corrected chi connectivity index (χ0v) is 14.1. The van der Waals surface area contributed by atoms with Gasteiger partial charge in [0, 0.05) is 6.42 Å². The van der Waals surface area contributed by atoms with E-state index in [4.69, 9.17) is 18.9 Å². The second kappa shape index (κ2) is 7.55. The Balaban J connectivity index is 1.77. The Kier molecular flexibility index (Phi) is 5.43. The summed E-state index contributed by atoms with van der Waals surface area (Å²) in [6.07, 6.45) is 2.36. The Morgan fingerprint density at radius 2 is 2.25 bits per heavy atom. The van der Waals surface area contributed by atoms with Gasteiger partial charge in [-0.05, 0) is 55.4 Å². The summed E-state index contributed by atoms with van der Waals surface area (Å²) in [6, 6.07) is 3.67. The van der Waals surface area contributed by atoms with Gasteiger partial charge in [0.05, 0.1) is 25.7 Å². The first-order valence-electron chi connectivity index (χ1n) is 8.50. The molecule has 0 radical (unpaired) electrons. The number of ether oxygens (including phenoxy) is 3. The summed E-state index contributed by atoms with van der Waals surface area (Å²) in [7, 11) is -1.06. The van der Waals surface area contributed by atoms with Gasteiger partial charge in [-0.2, -0.15) is 0 Å². The van der Waals surface area contributed by atoms with E-state index in [9.17, 15) is 9.82 Å². The second-order valence-corrected chi connectivity index (χ2v) is 6.14. The van der Waals surface area contributed by atoms with Crippen LogP contribution in [0.2, 0.25) is 0 Å². The van der Waals surface area contributed by atoms with Crippen molar-refractivity contribution in [2.45, 2.75) is 51.9 Å². The van der Waals surface area contributed by atoms with E-state index in [0.29, 0.717) is 24.4 Å². The van der Waals surface area contributed by atoms with Crippen LogP contribution in [-0.2, 0) is 18.9 Å². The molecule has 2 aliphatic heterocycles. The third-order valence-electron chi connectivity index (χ3n) is 4.34. The Morgan fingerprint density at radius 1 is 1.42 bits per heavy atom. The molecule has 3 rings (SSSR count). The summed E-state index contributed by atoms with van der Waals surface area (Å²) in [5, 5.41) is 10.2. The molecule has 0 bridgehead atoms. The molecule has 0 aliphatic carbocycles. The lowest BCUT2D eigenvalue weighted by atomic mass is 9.77. The summed E-state index contributed by atoms with van der Waals surface area (Å²) in [5.41, 5.74) is 2.41. The van der Waals surface area contributed by atoms with Gasteiger partial charge < -0.3 is 23.9 Å². The van der Waals surface area contributed by atoms with Crippen molar-refractivity contribution in [3.05, 3.63) is 23.3 Å². The third kappa shape index (κ3) is 3.74. The van der Waals surface area contributed by atoms with Crippen molar-refractivity contribution in [1.82, 2.24) is 0 Å². The van der Waals surface area contributed by atoms with Gasteiger partial charge in [0.25, 0.3) is 0 Å².